The van der Waals surface area contributed by atoms with E-state index >= 15 is 0 Å². The van der Waals surface area contributed by atoms with Gasteiger partial charge in [-0.2, -0.15) is 0 Å². The zero-order valence-electron chi connectivity index (χ0n) is 22.7. The summed E-state index contributed by atoms with van der Waals surface area (Å²) in [5, 5.41) is 3.79. The van der Waals surface area contributed by atoms with Gasteiger partial charge in [-0.3, -0.25) is 0 Å². The maximum absolute atomic E-state index is 2.41. The molecule has 8 aromatic rings. The molecule has 0 saturated carbocycles. The van der Waals surface area contributed by atoms with Crippen molar-refractivity contribution in [3.8, 4) is 11.4 Å². The number of rotatable bonds is 3. The van der Waals surface area contributed by atoms with E-state index in [-0.39, 0.29) is 0 Å². The summed E-state index contributed by atoms with van der Waals surface area (Å²) < 4.78 is 4.71. The smallest absolute Gasteiger partial charge is 0.0635 e. The van der Waals surface area contributed by atoms with Crippen LogP contribution in [0.4, 0.5) is 17.1 Å². The zero-order valence-corrected chi connectivity index (χ0v) is 23.5. The SMILES string of the molecule is c1ccc(-n2c3ccccc3c3ccc4c(ccn4-c4ccc(N5c6ccccc6Sc6ccccc65)cc4)c32)cc1. The first kappa shape index (κ1) is 23.5. The van der Waals surface area contributed by atoms with Gasteiger partial charge in [-0.1, -0.05) is 78.5 Å². The Hall–Kier alpha value is -5.19. The molecule has 1 aliphatic rings. The summed E-state index contributed by atoms with van der Waals surface area (Å²) >= 11 is 1.84. The molecule has 0 unspecified atom stereocenters. The monoisotopic (exact) mass is 555 g/mol. The molecule has 3 nitrogen and oxygen atoms in total. The minimum atomic E-state index is 1.14. The van der Waals surface area contributed by atoms with E-state index in [9.17, 15) is 0 Å². The van der Waals surface area contributed by atoms with E-state index in [0.717, 1.165) is 11.4 Å². The van der Waals surface area contributed by atoms with Gasteiger partial charge < -0.3 is 14.0 Å². The molecule has 3 heterocycles. The molecule has 9 rings (SSSR count). The number of nitrogens with zero attached hydrogens (tertiary/aromatic N) is 3. The van der Waals surface area contributed by atoms with Crippen LogP contribution in [0.1, 0.15) is 0 Å². The van der Waals surface area contributed by atoms with Gasteiger partial charge in [0.05, 0.1) is 27.9 Å². The van der Waals surface area contributed by atoms with Crippen molar-refractivity contribution >= 4 is 61.5 Å². The van der Waals surface area contributed by atoms with Crippen molar-refractivity contribution in [2.75, 3.05) is 4.90 Å². The first-order valence-electron chi connectivity index (χ1n) is 14.2. The highest BCUT2D eigenvalue weighted by atomic mass is 32.2. The third-order valence-corrected chi connectivity index (χ3v) is 9.47. The zero-order chi connectivity index (χ0) is 27.6. The van der Waals surface area contributed by atoms with Crippen LogP contribution in [0.25, 0.3) is 44.1 Å². The predicted molar refractivity (Wildman–Crippen MR) is 176 cm³/mol. The molecule has 42 heavy (non-hydrogen) atoms. The fourth-order valence-corrected chi connectivity index (χ4v) is 7.55. The van der Waals surface area contributed by atoms with Crippen molar-refractivity contribution in [1.82, 2.24) is 9.13 Å². The lowest BCUT2D eigenvalue weighted by Gasteiger charge is -2.32. The lowest BCUT2D eigenvalue weighted by Crippen LogP contribution is -2.14. The quantitative estimate of drug-likeness (QED) is 0.215. The summed E-state index contributed by atoms with van der Waals surface area (Å²) in [6, 6.07) is 52.5. The van der Waals surface area contributed by atoms with E-state index < -0.39 is 0 Å². The van der Waals surface area contributed by atoms with Gasteiger partial charge in [0.15, 0.2) is 0 Å². The fraction of sp³-hybridized carbons (Fsp3) is 0. The largest absolute Gasteiger partial charge is 0.316 e. The number of hydrogen-bond acceptors (Lipinski definition) is 2. The summed E-state index contributed by atoms with van der Waals surface area (Å²) in [5.74, 6) is 0. The molecule has 198 valence electrons. The van der Waals surface area contributed by atoms with E-state index in [1.807, 2.05) is 11.8 Å². The molecule has 0 atom stereocenters. The number of fused-ring (bicyclic) bond motifs is 7. The fourth-order valence-electron chi connectivity index (χ4n) is 6.49. The van der Waals surface area contributed by atoms with E-state index in [1.165, 1.54) is 59.6 Å². The maximum Gasteiger partial charge on any atom is 0.0635 e. The Morgan fingerprint density at radius 1 is 0.405 bits per heavy atom. The average Bonchev–Trinajstić information content (AvgIpc) is 3.64. The normalized spacial score (nSPS) is 12.6. The number of para-hydroxylation sites is 4. The van der Waals surface area contributed by atoms with E-state index in [0.29, 0.717) is 0 Å². The molecular formula is C38H25N3S. The second kappa shape index (κ2) is 9.16. The third kappa shape index (κ3) is 3.42. The third-order valence-electron chi connectivity index (χ3n) is 8.34. The first-order chi connectivity index (χ1) is 20.8. The summed E-state index contributed by atoms with van der Waals surface area (Å²) in [6.45, 7) is 0. The summed E-state index contributed by atoms with van der Waals surface area (Å²) in [6.07, 6.45) is 2.20. The number of benzene rings is 6. The van der Waals surface area contributed by atoms with Crippen molar-refractivity contribution < 1.29 is 0 Å². The Morgan fingerprint density at radius 3 is 1.81 bits per heavy atom. The highest BCUT2D eigenvalue weighted by Gasteiger charge is 2.24. The molecule has 4 heteroatoms. The molecule has 0 radical (unpaired) electrons. The Labute approximate surface area is 247 Å². The summed E-state index contributed by atoms with van der Waals surface area (Å²) in [7, 11) is 0. The molecule has 6 aromatic carbocycles. The Balaban J connectivity index is 1.20. The van der Waals surface area contributed by atoms with Gasteiger partial charge in [-0.15, -0.1) is 0 Å². The van der Waals surface area contributed by atoms with Crippen LogP contribution in [-0.2, 0) is 0 Å². The van der Waals surface area contributed by atoms with Gasteiger partial charge in [-0.25, -0.2) is 0 Å². The van der Waals surface area contributed by atoms with Crippen LogP contribution in [0.2, 0.25) is 0 Å². The van der Waals surface area contributed by atoms with E-state index in [1.54, 1.807) is 0 Å². The molecular weight excluding hydrogens is 531 g/mol. The first-order valence-corrected chi connectivity index (χ1v) is 15.0. The van der Waals surface area contributed by atoms with Crippen LogP contribution in [0.15, 0.2) is 162 Å². The molecule has 0 saturated heterocycles. The molecule has 0 fully saturated rings. The van der Waals surface area contributed by atoms with Crippen LogP contribution in [0.3, 0.4) is 0 Å². The average molecular weight is 556 g/mol. The van der Waals surface area contributed by atoms with Crippen molar-refractivity contribution in [1.29, 1.82) is 0 Å². The Morgan fingerprint density at radius 2 is 1.05 bits per heavy atom. The highest BCUT2D eigenvalue weighted by Crippen LogP contribution is 2.51. The second-order valence-corrected chi connectivity index (χ2v) is 11.7. The van der Waals surface area contributed by atoms with Crippen LogP contribution in [-0.4, -0.2) is 9.13 Å². The molecule has 0 amide bonds. The standard InChI is InChI=1S/C38H25N3S/c1-2-10-27(11-3-1)41-33-13-5-4-12-29(33)30-22-23-32-31(38(30)41)24-25-39(32)26-18-20-28(21-19-26)40-34-14-6-8-16-36(34)42-37-17-9-7-15-35(37)40/h1-25H. The molecule has 0 bridgehead atoms. The lowest BCUT2D eigenvalue weighted by molar-refractivity contribution is 1.12. The molecule has 2 aromatic heterocycles. The van der Waals surface area contributed by atoms with E-state index in [4.69, 9.17) is 0 Å². The Bertz CT molecular complexity index is 2230. The van der Waals surface area contributed by atoms with Crippen LogP contribution >= 0.6 is 11.8 Å². The van der Waals surface area contributed by atoms with Gasteiger partial charge in [0.25, 0.3) is 0 Å². The van der Waals surface area contributed by atoms with Gasteiger partial charge in [0.1, 0.15) is 0 Å². The van der Waals surface area contributed by atoms with Crippen LogP contribution in [0, 0.1) is 0 Å². The molecule has 1 aliphatic heterocycles. The van der Waals surface area contributed by atoms with Crippen LogP contribution in [0.5, 0.6) is 0 Å². The van der Waals surface area contributed by atoms with Crippen molar-refractivity contribution in [2.45, 2.75) is 9.79 Å². The highest BCUT2D eigenvalue weighted by molar-refractivity contribution is 7.99. The van der Waals surface area contributed by atoms with Gasteiger partial charge in [0.2, 0.25) is 0 Å². The van der Waals surface area contributed by atoms with Gasteiger partial charge >= 0.3 is 0 Å². The van der Waals surface area contributed by atoms with E-state index in [2.05, 4.69) is 166 Å². The lowest BCUT2D eigenvalue weighted by atomic mass is 10.1. The van der Waals surface area contributed by atoms with Crippen molar-refractivity contribution in [3.05, 3.63) is 152 Å². The second-order valence-electron chi connectivity index (χ2n) is 10.7. The maximum atomic E-state index is 2.41. The number of anilines is 3. The number of aromatic nitrogens is 2. The molecule has 0 spiro atoms. The van der Waals surface area contributed by atoms with Gasteiger partial charge in [0, 0.05) is 49.2 Å². The summed E-state index contributed by atoms with van der Waals surface area (Å²) in [4.78, 5) is 4.92. The predicted octanol–water partition coefficient (Wildman–Crippen LogP) is 10.7. The minimum absolute atomic E-state index is 1.14. The molecule has 0 N–H and O–H groups in total. The summed E-state index contributed by atoms with van der Waals surface area (Å²) in [5.41, 5.74) is 9.57. The Kier molecular flexibility index (Phi) is 5.13. The van der Waals surface area contributed by atoms with Crippen molar-refractivity contribution in [3.63, 3.8) is 0 Å². The van der Waals surface area contributed by atoms with Crippen molar-refractivity contribution in [2.24, 2.45) is 0 Å². The number of hydrogen-bond donors (Lipinski definition) is 0. The minimum Gasteiger partial charge on any atom is -0.316 e. The van der Waals surface area contributed by atoms with Crippen LogP contribution < -0.4 is 4.90 Å². The topological polar surface area (TPSA) is 13.1 Å². The molecule has 0 aliphatic carbocycles. The van der Waals surface area contributed by atoms with Gasteiger partial charge in [-0.05, 0) is 78.9 Å².